The number of carboxylic acids is 1. The molecule has 9 nitrogen and oxygen atoms in total. The topological polar surface area (TPSA) is 139 Å². The first kappa shape index (κ1) is 28.0. The summed E-state index contributed by atoms with van der Waals surface area (Å²) in [4.78, 5) is 50.9. The molecule has 4 aromatic rings. The summed E-state index contributed by atoms with van der Waals surface area (Å²) in [6.07, 6.45) is 1.85. The smallest absolute Gasteiger partial charge is 0.340 e. The number of aliphatic carboxylic acids is 1. The van der Waals surface area contributed by atoms with Crippen molar-refractivity contribution in [2.75, 3.05) is 12.0 Å². The van der Waals surface area contributed by atoms with Crippen LogP contribution in [-0.4, -0.2) is 40.9 Å². The Balaban J connectivity index is 1.57. The fraction of sp³-hybridized carbons (Fsp3) is 0.310. The third kappa shape index (κ3) is 6.01. The molecule has 0 radical (unpaired) electrons. The van der Waals surface area contributed by atoms with E-state index < -0.39 is 35.5 Å². The van der Waals surface area contributed by atoms with Gasteiger partial charge >= 0.3 is 11.6 Å². The summed E-state index contributed by atoms with van der Waals surface area (Å²) in [6, 6.07) is 9.64. The number of carboxylic acid groups (broad SMARTS) is 1. The quantitative estimate of drug-likeness (QED) is 0.250. The molecule has 0 saturated carbocycles. The molecule has 10 heteroatoms. The van der Waals surface area contributed by atoms with E-state index in [1.165, 1.54) is 11.8 Å². The average molecular weight is 551 g/mol. The van der Waals surface area contributed by atoms with Gasteiger partial charge in [0.25, 0.3) is 0 Å². The second kappa shape index (κ2) is 11.8. The number of fused-ring (bicyclic) bond motifs is 2. The second-order valence-corrected chi connectivity index (χ2v) is 10.4. The highest BCUT2D eigenvalue weighted by Gasteiger charge is 2.28. The van der Waals surface area contributed by atoms with Gasteiger partial charge in [-0.05, 0) is 62.0 Å². The van der Waals surface area contributed by atoms with Crippen molar-refractivity contribution in [3.05, 3.63) is 80.9 Å². The van der Waals surface area contributed by atoms with Gasteiger partial charge in [0, 0.05) is 16.8 Å². The summed E-state index contributed by atoms with van der Waals surface area (Å²) in [5, 5.41) is 16.5. The monoisotopic (exact) mass is 550 g/mol. The van der Waals surface area contributed by atoms with E-state index in [9.17, 15) is 24.3 Å². The Kier molecular flexibility index (Phi) is 8.44. The van der Waals surface area contributed by atoms with E-state index in [1.807, 2.05) is 26.2 Å². The van der Waals surface area contributed by atoms with Crippen molar-refractivity contribution in [1.82, 2.24) is 10.6 Å². The molecule has 2 aromatic carbocycles. The van der Waals surface area contributed by atoms with E-state index in [2.05, 4.69) is 10.6 Å². The number of hydrogen-bond donors (Lipinski definition) is 3. The minimum atomic E-state index is -1.27. The highest BCUT2D eigenvalue weighted by molar-refractivity contribution is 7.98. The SMILES string of the molecule is CSCC[C@H](NC(=O)Cc1c(C)c2cc3c(C)c(C)oc3cc2oc1=O)C(=O)N[C@@H](C(=O)O)c1ccccc1. The predicted octanol–water partition coefficient (Wildman–Crippen LogP) is 4.19. The number of furan rings is 1. The first-order chi connectivity index (χ1) is 18.6. The van der Waals surface area contributed by atoms with Crippen LogP contribution < -0.4 is 16.3 Å². The summed E-state index contributed by atoms with van der Waals surface area (Å²) in [5.41, 5.74) is 2.52. The lowest BCUT2D eigenvalue weighted by Crippen LogP contribution is -2.49. The van der Waals surface area contributed by atoms with Crippen LogP contribution in [0.4, 0.5) is 0 Å². The van der Waals surface area contributed by atoms with Gasteiger partial charge < -0.3 is 24.6 Å². The molecule has 3 N–H and O–H groups in total. The Morgan fingerprint density at radius 3 is 2.28 bits per heavy atom. The Bertz CT molecular complexity index is 1610. The molecular formula is C29H30N2O7S. The molecule has 2 heterocycles. The zero-order valence-corrected chi connectivity index (χ0v) is 22.9. The molecule has 0 spiro atoms. The van der Waals surface area contributed by atoms with Gasteiger partial charge in [0.1, 0.15) is 23.0 Å². The van der Waals surface area contributed by atoms with Crippen LogP contribution in [0, 0.1) is 20.8 Å². The van der Waals surface area contributed by atoms with E-state index in [-0.39, 0.29) is 18.4 Å². The van der Waals surface area contributed by atoms with Gasteiger partial charge in [-0.3, -0.25) is 9.59 Å². The molecule has 0 saturated heterocycles. The zero-order valence-electron chi connectivity index (χ0n) is 22.1. The lowest BCUT2D eigenvalue weighted by atomic mass is 10.0. The fourth-order valence-corrected chi connectivity index (χ4v) is 4.99. The van der Waals surface area contributed by atoms with Crippen molar-refractivity contribution >= 4 is 51.5 Å². The number of thioether (sulfide) groups is 1. The molecule has 39 heavy (non-hydrogen) atoms. The molecule has 0 bridgehead atoms. The molecular weight excluding hydrogens is 520 g/mol. The maximum Gasteiger partial charge on any atom is 0.340 e. The molecule has 0 fully saturated rings. The minimum Gasteiger partial charge on any atom is -0.479 e. The second-order valence-electron chi connectivity index (χ2n) is 9.39. The van der Waals surface area contributed by atoms with E-state index in [4.69, 9.17) is 8.83 Å². The standard InChI is InChI=1S/C29H30N2O7S/c1-15-17(3)37-23-14-24-20(12-19(15)23)16(2)21(29(36)38-24)13-25(32)30-22(10-11-39-4)27(33)31-26(28(34)35)18-8-6-5-7-9-18/h5-9,12,14,22,26H,10-11,13H2,1-4H3,(H,30,32)(H,31,33)(H,34,35)/t22-,26+/m0/s1. The Hall–Kier alpha value is -4.05. The summed E-state index contributed by atoms with van der Waals surface area (Å²) in [6.45, 7) is 5.56. The maximum absolute atomic E-state index is 13.1. The Morgan fingerprint density at radius 2 is 1.62 bits per heavy atom. The van der Waals surface area contributed by atoms with Gasteiger partial charge in [-0.15, -0.1) is 0 Å². The number of aryl methyl sites for hydroxylation is 3. The fourth-order valence-electron chi connectivity index (χ4n) is 4.52. The first-order valence-electron chi connectivity index (χ1n) is 12.4. The average Bonchev–Trinajstić information content (AvgIpc) is 3.18. The molecule has 0 aliphatic rings. The van der Waals surface area contributed by atoms with Crippen LogP contribution in [0.5, 0.6) is 0 Å². The molecule has 0 unspecified atom stereocenters. The Labute approximate surface area is 228 Å². The number of rotatable bonds is 10. The number of carbonyl (C=O) groups is 3. The normalized spacial score (nSPS) is 12.8. The van der Waals surface area contributed by atoms with E-state index in [1.54, 1.807) is 43.3 Å². The van der Waals surface area contributed by atoms with Crippen LogP contribution in [-0.2, 0) is 20.8 Å². The summed E-state index contributed by atoms with van der Waals surface area (Å²) >= 11 is 1.49. The third-order valence-electron chi connectivity index (χ3n) is 6.85. The predicted molar refractivity (Wildman–Crippen MR) is 150 cm³/mol. The number of hydrogen-bond acceptors (Lipinski definition) is 7. The summed E-state index contributed by atoms with van der Waals surface area (Å²) in [5.74, 6) is -1.06. The highest BCUT2D eigenvalue weighted by Crippen LogP contribution is 2.31. The van der Waals surface area contributed by atoms with Gasteiger partial charge in [0.05, 0.1) is 12.0 Å². The summed E-state index contributed by atoms with van der Waals surface area (Å²) in [7, 11) is 0. The van der Waals surface area contributed by atoms with Crippen LogP contribution in [0.2, 0.25) is 0 Å². The van der Waals surface area contributed by atoms with Crippen molar-refractivity contribution in [1.29, 1.82) is 0 Å². The zero-order chi connectivity index (χ0) is 28.3. The van der Waals surface area contributed by atoms with Crippen LogP contribution in [0.15, 0.2) is 56.1 Å². The number of benzene rings is 2. The molecule has 0 aliphatic carbocycles. The van der Waals surface area contributed by atoms with Gasteiger partial charge in [-0.1, -0.05) is 30.3 Å². The maximum atomic E-state index is 13.1. The molecule has 2 atom stereocenters. The Morgan fingerprint density at radius 1 is 0.949 bits per heavy atom. The van der Waals surface area contributed by atoms with Crippen molar-refractivity contribution in [3.8, 4) is 0 Å². The summed E-state index contributed by atoms with van der Waals surface area (Å²) < 4.78 is 11.3. The molecule has 0 aliphatic heterocycles. The van der Waals surface area contributed by atoms with Crippen LogP contribution in [0.3, 0.4) is 0 Å². The number of amides is 2. The van der Waals surface area contributed by atoms with E-state index >= 15 is 0 Å². The van der Waals surface area contributed by atoms with E-state index in [0.717, 1.165) is 16.7 Å². The van der Waals surface area contributed by atoms with Crippen LogP contribution in [0.25, 0.3) is 21.9 Å². The van der Waals surface area contributed by atoms with Crippen molar-refractivity contribution in [2.24, 2.45) is 0 Å². The molecule has 204 valence electrons. The minimum absolute atomic E-state index is 0.189. The highest BCUT2D eigenvalue weighted by atomic mass is 32.2. The molecule has 4 rings (SSSR count). The van der Waals surface area contributed by atoms with Crippen LogP contribution >= 0.6 is 11.8 Å². The molecule has 2 amide bonds. The van der Waals surface area contributed by atoms with E-state index in [0.29, 0.717) is 33.4 Å². The largest absolute Gasteiger partial charge is 0.479 e. The number of carbonyl (C=O) groups excluding carboxylic acids is 2. The van der Waals surface area contributed by atoms with Gasteiger partial charge in [0.2, 0.25) is 11.8 Å². The van der Waals surface area contributed by atoms with Gasteiger partial charge in [0.15, 0.2) is 6.04 Å². The van der Waals surface area contributed by atoms with Gasteiger partial charge in [-0.2, -0.15) is 11.8 Å². The van der Waals surface area contributed by atoms with Gasteiger partial charge in [-0.25, -0.2) is 9.59 Å². The van der Waals surface area contributed by atoms with Crippen molar-refractivity contribution < 1.29 is 28.3 Å². The van der Waals surface area contributed by atoms with Crippen molar-refractivity contribution in [2.45, 2.75) is 45.7 Å². The molecule has 2 aromatic heterocycles. The first-order valence-corrected chi connectivity index (χ1v) is 13.8. The van der Waals surface area contributed by atoms with Crippen molar-refractivity contribution in [3.63, 3.8) is 0 Å². The lowest BCUT2D eigenvalue weighted by Gasteiger charge is -2.21. The lowest BCUT2D eigenvalue weighted by molar-refractivity contribution is -0.142. The third-order valence-corrected chi connectivity index (χ3v) is 7.49. The van der Waals surface area contributed by atoms with Crippen LogP contribution in [0.1, 0.15) is 40.5 Å². The number of nitrogens with one attached hydrogen (secondary N) is 2.